The minimum absolute atomic E-state index is 0. The highest BCUT2D eigenvalue weighted by molar-refractivity contribution is 5.85. The average molecular weight is 231 g/mol. The van der Waals surface area contributed by atoms with Gasteiger partial charge < -0.3 is 15.4 Å². The predicted molar refractivity (Wildman–Crippen MR) is 66.9 cm³/mol. The zero-order valence-electron chi connectivity index (χ0n) is 9.49. The van der Waals surface area contributed by atoms with Crippen molar-refractivity contribution < 1.29 is 4.74 Å². The Kier molecular flexibility index (Phi) is 6.13. The maximum absolute atomic E-state index is 5.64. The van der Waals surface area contributed by atoms with E-state index in [4.69, 9.17) is 10.5 Å². The van der Waals surface area contributed by atoms with Crippen LogP contribution in [0.1, 0.15) is 5.56 Å². The highest BCUT2D eigenvalue weighted by atomic mass is 35.5. The number of nitrogen functional groups attached to an aromatic ring is 1. The second-order valence-corrected chi connectivity index (χ2v) is 3.68. The van der Waals surface area contributed by atoms with Gasteiger partial charge >= 0.3 is 0 Å². The Bertz CT molecular complexity index is 303. The lowest BCUT2D eigenvalue weighted by Crippen LogP contribution is -2.19. The third-order valence-corrected chi connectivity index (χ3v) is 2.00. The first kappa shape index (κ1) is 14.1. The van der Waals surface area contributed by atoms with Crippen molar-refractivity contribution in [3.63, 3.8) is 0 Å². The van der Waals surface area contributed by atoms with Crippen LogP contribution in [0.2, 0.25) is 0 Å². The summed E-state index contributed by atoms with van der Waals surface area (Å²) in [5.41, 5.74) is 7.51. The second kappa shape index (κ2) is 6.53. The Balaban J connectivity index is 0.00000196. The Morgan fingerprint density at radius 2 is 2.00 bits per heavy atom. The van der Waals surface area contributed by atoms with E-state index in [-0.39, 0.29) is 12.4 Å². The van der Waals surface area contributed by atoms with E-state index in [1.54, 1.807) is 0 Å². The number of aryl methyl sites for hydroxylation is 1. The van der Waals surface area contributed by atoms with E-state index < -0.39 is 0 Å². The third-order valence-electron chi connectivity index (χ3n) is 2.00. The third kappa shape index (κ3) is 4.91. The van der Waals surface area contributed by atoms with Gasteiger partial charge in [0.2, 0.25) is 0 Å². The maximum Gasteiger partial charge on any atom is 0.122 e. The van der Waals surface area contributed by atoms with Gasteiger partial charge in [-0.25, -0.2) is 0 Å². The molecule has 0 fully saturated rings. The van der Waals surface area contributed by atoms with Gasteiger partial charge in [0, 0.05) is 12.2 Å². The average Bonchev–Trinajstić information content (AvgIpc) is 2.08. The summed E-state index contributed by atoms with van der Waals surface area (Å²) in [7, 11) is 4.05. The van der Waals surface area contributed by atoms with Gasteiger partial charge in [0.15, 0.2) is 0 Å². The zero-order valence-corrected chi connectivity index (χ0v) is 10.3. The summed E-state index contributed by atoms with van der Waals surface area (Å²) in [6.45, 7) is 3.63. The van der Waals surface area contributed by atoms with Crippen molar-refractivity contribution in [1.29, 1.82) is 0 Å². The van der Waals surface area contributed by atoms with Crippen LogP contribution in [0.15, 0.2) is 18.2 Å². The first-order valence-corrected chi connectivity index (χ1v) is 4.73. The number of rotatable bonds is 4. The second-order valence-electron chi connectivity index (χ2n) is 3.68. The Morgan fingerprint density at radius 1 is 1.33 bits per heavy atom. The van der Waals surface area contributed by atoms with E-state index in [0.29, 0.717) is 6.61 Å². The number of hydrogen-bond acceptors (Lipinski definition) is 3. The van der Waals surface area contributed by atoms with Gasteiger partial charge in [-0.3, -0.25) is 0 Å². The fourth-order valence-corrected chi connectivity index (χ4v) is 1.17. The molecule has 0 bridgehead atoms. The van der Waals surface area contributed by atoms with E-state index in [1.807, 2.05) is 39.2 Å². The number of nitrogens with two attached hydrogens (primary N) is 1. The molecule has 0 saturated heterocycles. The van der Waals surface area contributed by atoms with Crippen molar-refractivity contribution in [2.45, 2.75) is 6.92 Å². The number of anilines is 1. The van der Waals surface area contributed by atoms with Gasteiger partial charge in [-0.2, -0.15) is 0 Å². The molecule has 1 aromatic carbocycles. The SMILES string of the molecule is Cc1cc(N)ccc1OCCN(C)C.Cl. The van der Waals surface area contributed by atoms with Crippen LogP contribution in [-0.2, 0) is 0 Å². The molecule has 15 heavy (non-hydrogen) atoms. The zero-order chi connectivity index (χ0) is 10.6. The molecule has 1 rings (SSSR count). The number of nitrogens with zero attached hydrogens (tertiary/aromatic N) is 1. The summed E-state index contributed by atoms with van der Waals surface area (Å²) in [6, 6.07) is 5.70. The van der Waals surface area contributed by atoms with Crippen LogP contribution in [0.5, 0.6) is 5.75 Å². The minimum Gasteiger partial charge on any atom is -0.492 e. The van der Waals surface area contributed by atoms with E-state index in [2.05, 4.69) is 4.90 Å². The standard InChI is InChI=1S/C11H18N2O.ClH/c1-9-8-10(12)4-5-11(9)14-7-6-13(2)3;/h4-5,8H,6-7,12H2,1-3H3;1H. The van der Waals surface area contributed by atoms with Crippen LogP contribution in [-0.4, -0.2) is 32.1 Å². The normalized spacial score (nSPS) is 9.87. The summed E-state index contributed by atoms with van der Waals surface area (Å²) in [5.74, 6) is 0.918. The van der Waals surface area contributed by atoms with Crippen LogP contribution in [0.3, 0.4) is 0 Å². The van der Waals surface area contributed by atoms with Gasteiger partial charge in [-0.05, 0) is 44.8 Å². The molecular formula is C11H19ClN2O. The summed E-state index contributed by atoms with van der Waals surface area (Å²) >= 11 is 0. The van der Waals surface area contributed by atoms with Crippen molar-refractivity contribution in [3.05, 3.63) is 23.8 Å². The molecule has 0 atom stereocenters. The number of halogens is 1. The van der Waals surface area contributed by atoms with Gasteiger partial charge in [-0.1, -0.05) is 0 Å². The Hall–Kier alpha value is -0.930. The molecule has 1 aromatic rings. The van der Waals surface area contributed by atoms with Crippen LogP contribution in [0, 0.1) is 6.92 Å². The molecule has 0 unspecified atom stereocenters. The fourth-order valence-electron chi connectivity index (χ4n) is 1.17. The molecule has 0 aliphatic heterocycles. The number of hydrogen-bond donors (Lipinski definition) is 1. The monoisotopic (exact) mass is 230 g/mol. The van der Waals surface area contributed by atoms with E-state index in [1.165, 1.54) is 0 Å². The van der Waals surface area contributed by atoms with Crippen LogP contribution in [0.4, 0.5) is 5.69 Å². The highest BCUT2D eigenvalue weighted by Gasteiger charge is 1.99. The number of likely N-dealkylation sites (N-methyl/N-ethyl adjacent to an activating group) is 1. The smallest absolute Gasteiger partial charge is 0.122 e. The molecule has 3 nitrogen and oxygen atoms in total. The van der Waals surface area contributed by atoms with E-state index in [9.17, 15) is 0 Å². The van der Waals surface area contributed by atoms with Crippen molar-refractivity contribution in [3.8, 4) is 5.75 Å². The first-order chi connectivity index (χ1) is 6.59. The Morgan fingerprint density at radius 3 is 2.53 bits per heavy atom. The fraction of sp³-hybridized carbons (Fsp3) is 0.455. The molecule has 86 valence electrons. The van der Waals surface area contributed by atoms with E-state index >= 15 is 0 Å². The summed E-state index contributed by atoms with van der Waals surface area (Å²) in [5, 5.41) is 0. The summed E-state index contributed by atoms with van der Waals surface area (Å²) in [6.07, 6.45) is 0. The Labute approximate surface area is 97.6 Å². The van der Waals surface area contributed by atoms with Crippen molar-refractivity contribution in [1.82, 2.24) is 4.90 Å². The molecule has 0 saturated carbocycles. The minimum atomic E-state index is 0. The molecule has 2 N–H and O–H groups in total. The molecule has 0 amide bonds. The quantitative estimate of drug-likeness (QED) is 0.804. The topological polar surface area (TPSA) is 38.5 Å². The van der Waals surface area contributed by atoms with Gasteiger partial charge in [0.05, 0.1) is 0 Å². The number of benzene rings is 1. The molecule has 0 radical (unpaired) electrons. The van der Waals surface area contributed by atoms with Crippen molar-refractivity contribution in [2.75, 3.05) is 33.0 Å². The van der Waals surface area contributed by atoms with Gasteiger partial charge in [0.1, 0.15) is 12.4 Å². The predicted octanol–water partition coefficient (Wildman–Crippen LogP) is 1.94. The molecule has 4 heteroatoms. The lowest BCUT2D eigenvalue weighted by molar-refractivity contribution is 0.260. The van der Waals surface area contributed by atoms with Crippen molar-refractivity contribution >= 4 is 18.1 Å². The first-order valence-electron chi connectivity index (χ1n) is 4.73. The van der Waals surface area contributed by atoms with Crippen LogP contribution < -0.4 is 10.5 Å². The lowest BCUT2D eigenvalue weighted by atomic mass is 10.2. The molecule has 0 aliphatic carbocycles. The summed E-state index contributed by atoms with van der Waals surface area (Å²) < 4.78 is 5.61. The largest absolute Gasteiger partial charge is 0.492 e. The van der Waals surface area contributed by atoms with Crippen LogP contribution >= 0.6 is 12.4 Å². The molecule has 0 aromatic heterocycles. The highest BCUT2D eigenvalue weighted by Crippen LogP contribution is 2.19. The van der Waals surface area contributed by atoms with Crippen molar-refractivity contribution in [2.24, 2.45) is 0 Å². The van der Waals surface area contributed by atoms with Crippen LogP contribution in [0.25, 0.3) is 0 Å². The number of ether oxygens (including phenoxy) is 1. The molecule has 0 aliphatic rings. The molecular weight excluding hydrogens is 212 g/mol. The summed E-state index contributed by atoms with van der Waals surface area (Å²) in [4.78, 5) is 2.09. The molecule has 0 heterocycles. The van der Waals surface area contributed by atoms with Gasteiger partial charge in [0.25, 0.3) is 0 Å². The lowest BCUT2D eigenvalue weighted by Gasteiger charge is -2.12. The maximum atomic E-state index is 5.64. The van der Waals surface area contributed by atoms with Gasteiger partial charge in [-0.15, -0.1) is 12.4 Å². The molecule has 0 spiro atoms. The van der Waals surface area contributed by atoms with E-state index in [0.717, 1.165) is 23.5 Å².